The van der Waals surface area contributed by atoms with E-state index in [4.69, 9.17) is 0 Å². The smallest absolute Gasteiger partial charge is 0.261 e. The Balaban J connectivity index is 2.36. The predicted molar refractivity (Wildman–Crippen MR) is 80.9 cm³/mol. The van der Waals surface area contributed by atoms with Gasteiger partial charge in [0.15, 0.2) is 0 Å². The molecule has 3 nitrogen and oxygen atoms in total. The number of aryl methyl sites for hydroxylation is 2. The molecular weight excluding hydrogens is 326 g/mol. The Labute approximate surface area is 121 Å². The van der Waals surface area contributed by atoms with E-state index in [0.29, 0.717) is 5.69 Å². The molecule has 100 valence electrons. The average Bonchev–Trinajstić information content (AvgIpc) is 2.33. The zero-order chi connectivity index (χ0) is 14.0. The van der Waals surface area contributed by atoms with E-state index in [1.165, 1.54) is 0 Å². The first-order valence-corrected chi connectivity index (χ1v) is 8.02. The molecule has 0 radical (unpaired) electrons. The van der Waals surface area contributed by atoms with Crippen molar-refractivity contribution in [2.75, 3.05) is 4.72 Å². The molecule has 0 atom stereocenters. The quantitative estimate of drug-likeness (QED) is 0.922. The summed E-state index contributed by atoms with van der Waals surface area (Å²) in [6.07, 6.45) is 0. The number of hydrogen-bond donors (Lipinski definition) is 1. The van der Waals surface area contributed by atoms with Crippen molar-refractivity contribution in [3.8, 4) is 0 Å². The number of halogens is 1. The molecule has 2 aromatic rings. The van der Waals surface area contributed by atoms with Gasteiger partial charge in [-0.25, -0.2) is 8.42 Å². The Morgan fingerprint density at radius 2 is 1.79 bits per heavy atom. The molecule has 19 heavy (non-hydrogen) atoms. The summed E-state index contributed by atoms with van der Waals surface area (Å²) in [4.78, 5) is 0.238. The minimum Gasteiger partial charge on any atom is -0.279 e. The van der Waals surface area contributed by atoms with E-state index in [9.17, 15) is 8.42 Å². The molecule has 2 aromatic carbocycles. The van der Waals surface area contributed by atoms with Crippen molar-refractivity contribution >= 4 is 31.6 Å². The van der Waals surface area contributed by atoms with E-state index in [0.717, 1.165) is 15.6 Å². The van der Waals surface area contributed by atoms with Crippen LogP contribution < -0.4 is 4.72 Å². The lowest BCUT2D eigenvalue weighted by Crippen LogP contribution is -2.13. The SMILES string of the molecule is Cc1ccc(NS(=O)(=O)c2cccc(Br)c2)c(C)c1. The van der Waals surface area contributed by atoms with Crippen molar-refractivity contribution in [1.82, 2.24) is 0 Å². The Hall–Kier alpha value is -1.33. The van der Waals surface area contributed by atoms with Gasteiger partial charge in [-0.1, -0.05) is 39.7 Å². The van der Waals surface area contributed by atoms with Crippen molar-refractivity contribution in [2.24, 2.45) is 0 Å². The van der Waals surface area contributed by atoms with Gasteiger partial charge in [0.2, 0.25) is 0 Å². The summed E-state index contributed by atoms with van der Waals surface area (Å²) in [6.45, 7) is 3.85. The highest BCUT2D eigenvalue weighted by molar-refractivity contribution is 9.10. The lowest BCUT2D eigenvalue weighted by molar-refractivity contribution is 0.601. The third-order valence-corrected chi connectivity index (χ3v) is 4.59. The second-order valence-electron chi connectivity index (χ2n) is 4.38. The van der Waals surface area contributed by atoms with Crippen molar-refractivity contribution in [3.05, 3.63) is 58.1 Å². The summed E-state index contributed by atoms with van der Waals surface area (Å²) in [7, 11) is -3.55. The second kappa shape index (κ2) is 5.35. The molecule has 0 aliphatic rings. The maximum absolute atomic E-state index is 12.3. The monoisotopic (exact) mass is 339 g/mol. The van der Waals surface area contributed by atoms with Crippen LogP contribution in [-0.2, 0) is 10.0 Å². The number of anilines is 1. The Kier molecular flexibility index (Phi) is 3.96. The molecule has 2 rings (SSSR count). The largest absolute Gasteiger partial charge is 0.279 e. The molecule has 0 bridgehead atoms. The van der Waals surface area contributed by atoms with Crippen LogP contribution in [0.25, 0.3) is 0 Å². The van der Waals surface area contributed by atoms with E-state index < -0.39 is 10.0 Å². The van der Waals surface area contributed by atoms with Crippen LogP contribution in [0.1, 0.15) is 11.1 Å². The van der Waals surface area contributed by atoms with Crippen LogP contribution in [0.15, 0.2) is 51.8 Å². The van der Waals surface area contributed by atoms with Gasteiger partial charge in [-0.15, -0.1) is 0 Å². The maximum Gasteiger partial charge on any atom is 0.261 e. The van der Waals surface area contributed by atoms with Gasteiger partial charge in [0, 0.05) is 4.47 Å². The van der Waals surface area contributed by atoms with E-state index in [1.54, 1.807) is 30.3 Å². The standard InChI is InChI=1S/C14H14BrNO2S/c1-10-6-7-14(11(2)8-10)16-19(17,18)13-5-3-4-12(15)9-13/h3-9,16H,1-2H3. The molecule has 1 N–H and O–H groups in total. The summed E-state index contributed by atoms with van der Waals surface area (Å²) >= 11 is 3.27. The van der Waals surface area contributed by atoms with Gasteiger partial charge in [-0.2, -0.15) is 0 Å². The van der Waals surface area contributed by atoms with Gasteiger partial charge in [0.1, 0.15) is 0 Å². The first-order chi connectivity index (χ1) is 8.88. The summed E-state index contributed by atoms with van der Waals surface area (Å²) < 4.78 is 27.9. The number of hydrogen-bond acceptors (Lipinski definition) is 2. The third kappa shape index (κ3) is 3.36. The number of sulfonamides is 1. The molecule has 0 fully saturated rings. The Morgan fingerprint density at radius 3 is 2.42 bits per heavy atom. The molecule has 0 aliphatic heterocycles. The normalized spacial score (nSPS) is 11.3. The van der Waals surface area contributed by atoms with Gasteiger partial charge in [0.05, 0.1) is 10.6 Å². The van der Waals surface area contributed by atoms with Gasteiger partial charge < -0.3 is 0 Å². The molecule has 0 spiro atoms. The van der Waals surface area contributed by atoms with Crippen LogP contribution in [-0.4, -0.2) is 8.42 Å². The minimum atomic E-state index is -3.55. The van der Waals surface area contributed by atoms with Gasteiger partial charge in [0.25, 0.3) is 10.0 Å². The fourth-order valence-electron chi connectivity index (χ4n) is 1.77. The molecule has 0 saturated heterocycles. The van der Waals surface area contributed by atoms with E-state index in [-0.39, 0.29) is 4.90 Å². The van der Waals surface area contributed by atoms with Crippen LogP contribution in [0.2, 0.25) is 0 Å². The Bertz CT molecular complexity index is 711. The zero-order valence-corrected chi connectivity index (χ0v) is 13.0. The van der Waals surface area contributed by atoms with Crippen LogP contribution in [0, 0.1) is 13.8 Å². The van der Waals surface area contributed by atoms with Crippen molar-refractivity contribution in [2.45, 2.75) is 18.7 Å². The molecule has 0 heterocycles. The van der Waals surface area contributed by atoms with Crippen molar-refractivity contribution in [1.29, 1.82) is 0 Å². The third-order valence-electron chi connectivity index (χ3n) is 2.73. The summed E-state index contributed by atoms with van der Waals surface area (Å²) in [6, 6.07) is 12.2. The first-order valence-electron chi connectivity index (χ1n) is 5.74. The van der Waals surface area contributed by atoms with E-state index in [2.05, 4.69) is 20.7 Å². The molecule has 0 unspecified atom stereocenters. The summed E-state index contributed by atoms with van der Waals surface area (Å²) in [5, 5.41) is 0. The first kappa shape index (κ1) is 14.1. The summed E-state index contributed by atoms with van der Waals surface area (Å²) in [5.74, 6) is 0. The average molecular weight is 340 g/mol. The lowest BCUT2D eigenvalue weighted by Gasteiger charge is -2.11. The highest BCUT2D eigenvalue weighted by Crippen LogP contribution is 2.22. The molecule has 0 amide bonds. The highest BCUT2D eigenvalue weighted by atomic mass is 79.9. The second-order valence-corrected chi connectivity index (χ2v) is 6.98. The van der Waals surface area contributed by atoms with Crippen LogP contribution >= 0.6 is 15.9 Å². The van der Waals surface area contributed by atoms with E-state index >= 15 is 0 Å². The Morgan fingerprint density at radius 1 is 1.05 bits per heavy atom. The van der Waals surface area contributed by atoms with Crippen LogP contribution in [0.5, 0.6) is 0 Å². The minimum absolute atomic E-state index is 0.238. The maximum atomic E-state index is 12.3. The number of nitrogens with one attached hydrogen (secondary N) is 1. The van der Waals surface area contributed by atoms with Crippen molar-refractivity contribution in [3.63, 3.8) is 0 Å². The highest BCUT2D eigenvalue weighted by Gasteiger charge is 2.15. The zero-order valence-electron chi connectivity index (χ0n) is 10.6. The fraction of sp³-hybridized carbons (Fsp3) is 0.143. The molecular formula is C14H14BrNO2S. The lowest BCUT2D eigenvalue weighted by atomic mass is 10.1. The molecule has 0 aromatic heterocycles. The molecule has 0 aliphatic carbocycles. The fourth-order valence-corrected chi connectivity index (χ4v) is 3.49. The number of benzene rings is 2. The topological polar surface area (TPSA) is 46.2 Å². The molecule has 5 heteroatoms. The van der Waals surface area contributed by atoms with Gasteiger partial charge in [-0.3, -0.25) is 4.72 Å². The van der Waals surface area contributed by atoms with Crippen LogP contribution in [0.3, 0.4) is 0 Å². The molecule has 0 saturated carbocycles. The van der Waals surface area contributed by atoms with Crippen molar-refractivity contribution < 1.29 is 8.42 Å². The predicted octanol–water partition coefficient (Wildman–Crippen LogP) is 3.87. The van der Waals surface area contributed by atoms with E-state index in [1.807, 2.05) is 26.0 Å². The van der Waals surface area contributed by atoms with Gasteiger partial charge >= 0.3 is 0 Å². The van der Waals surface area contributed by atoms with Crippen LogP contribution in [0.4, 0.5) is 5.69 Å². The number of rotatable bonds is 3. The summed E-state index contributed by atoms with van der Waals surface area (Å²) in [5.41, 5.74) is 2.60. The van der Waals surface area contributed by atoms with Gasteiger partial charge in [-0.05, 0) is 43.7 Å².